The fourth-order valence-corrected chi connectivity index (χ4v) is 4.34. The highest BCUT2D eigenvalue weighted by atomic mass is 35.5. The van der Waals surface area contributed by atoms with Crippen molar-refractivity contribution in [3.8, 4) is 0 Å². The number of rotatable bonds is 5. The van der Waals surface area contributed by atoms with E-state index in [1.165, 1.54) is 31.7 Å². The number of nitrogens with one attached hydrogen (secondary N) is 1. The van der Waals surface area contributed by atoms with Crippen LogP contribution in [0.2, 0.25) is 5.02 Å². The molecule has 2 aliphatic rings. The number of hydrogen-bond acceptors (Lipinski definition) is 4. The van der Waals surface area contributed by atoms with Gasteiger partial charge in [-0.15, -0.1) is 0 Å². The minimum Gasteiger partial charge on any atom is -0.336 e. The highest BCUT2D eigenvalue weighted by Gasteiger charge is 2.26. The zero-order valence-corrected chi connectivity index (χ0v) is 15.8. The van der Waals surface area contributed by atoms with Crippen molar-refractivity contribution < 1.29 is 13.2 Å². The number of anilines is 1. The number of thiol groups is 1. The molecule has 1 aromatic carbocycles. The Morgan fingerprint density at radius 1 is 1.16 bits per heavy atom. The van der Waals surface area contributed by atoms with Crippen LogP contribution in [0.1, 0.15) is 36.0 Å². The minimum atomic E-state index is -2.75. The summed E-state index contributed by atoms with van der Waals surface area (Å²) in [4.78, 5) is 17.0. The first-order chi connectivity index (χ1) is 12.0. The quantitative estimate of drug-likeness (QED) is 0.762. The molecule has 6 nitrogen and oxygen atoms in total. The van der Waals surface area contributed by atoms with Gasteiger partial charge in [-0.25, -0.2) is 8.42 Å². The van der Waals surface area contributed by atoms with E-state index in [0.29, 0.717) is 24.3 Å². The lowest BCUT2D eigenvalue weighted by Gasteiger charge is -2.36. The van der Waals surface area contributed by atoms with Crippen LogP contribution in [-0.4, -0.2) is 56.8 Å². The van der Waals surface area contributed by atoms with Gasteiger partial charge in [-0.1, -0.05) is 24.4 Å². The van der Waals surface area contributed by atoms with Crippen LogP contribution in [0.25, 0.3) is 0 Å². The molecule has 0 aromatic heterocycles. The number of halogens is 1. The van der Waals surface area contributed by atoms with Crippen LogP contribution in [-0.2, 0) is 10.9 Å². The second-order valence-corrected chi connectivity index (χ2v) is 7.95. The van der Waals surface area contributed by atoms with Gasteiger partial charge in [0.25, 0.3) is 5.91 Å². The van der Waals surface area contributed by atoms with Crippen molar-refractivity contribution in [1.82, 2.24) is 9.80 Å². The molecule has 1 aromatic rings. The Hall–Kier alpha value is -1.31. The summed E-state index contributed by atoms with van der Waals surface area (Å²) in [6.45, 7) is 4.35. The molecule has 138 valence electrons. The summed E-state index contributed by atoms with van der Waals surface area (Å²) in [6, 6.07) is 4.60. The first kappa shape index (κ1) is 18.5. The summed E-state index contributed by atoms with van der Waals surface area (Å²) in [5.74, 6) is 0.729. The van der Waals surface area contributed by atoms with E-state index in [9.17, 15) is 13.2 Å². The standard InChI is InChI=1S/C17H24ClN3O3S/c18-16-11-14(19-25(23)24)5-6-15(16)17(22)21-9-7-20(8-10-21)12-13-3-1-2-4-13/h5-6,11,13,25H,1-4,7-10,12H2,(H,19,23,24). The molecule has 25 heavy (non-hydrogen) atoms. The molecule has 2 fully saturated rings. The molecule has 1 aliphatic carbocycles. The van der Waals surface area contributed by atoms with Gasteiger partial charge >= 0.3 is 0 Å². The Bertz CT molecular complexity index is 688. The first-order valence-corrected chi connectivity index (χ1v) is 10.3. The second kappa shape index (κ2) is 8.38. The van der Waals surface area contributed by atoms with E-state index in [4.69, 9.17) is 11.6 Å². The third-order valence-corrected chi connectivity index (χ3v) is 5.82. The van der Waals surface area contributed by atoms with Crippen molar-refractivity contribution in [2.45, 2.75) is 25.7 Å². The summed E-state index contributed by atoms with van der Waals surface area (Å²) < 4.78 is 23.7. The number of piperazine rings is 1. The van der Waals surface area contributed by atoms with Crippen molar-refractivity contribution in [1.29, 1.82) is 0 Å². The lowest BCUT2D eigenvalue weighted by Crippen LogP contribution is -2.49. The van der Waals surface area contributed by atoms with Gasteiger partial charge in [-0.2, -0.15) is 0 Å². The second-order valence-electron chi connectivity index (χ2n) is 6.81. The Morgan fingerprint density at radius 3 is 2.44 bits per heavy atom. The van der Waals surface area contributed by atoms with Gasteiger partial charge in [-0.05, 0) is 37.0 Å². The smallest absolute Gasteiger partial charge is 0.255 e. The molecule has 0 unspecified atom stereocenters. The summed E-state index contributed by atoms with van der Waals surface area (Å²) >= 11 is 6.17. The van der Waals surface area contributed by atoms with Crippen LogP contribution >= 0.6 is 11.6 Å². The Labute approximate surface area is 155 Å². The number of benzene rings is 1. The molecule has 1 heterocycles. The van der Waals surface area contributed by atoms with E-state index in [-0.39, 0.29) is 10.9 Å². The van der Waals surface area contributed by atoms with Crippen molar-refractivity contribution in [3.05, 3.63) is 28.8 Å². The van der Waals surface area contributed by atoms with Crippen LogP contribution in [0.15, 0.2) is 18.2 Å². The monoisotopic (exact) mass is 385 g/mol. The van der Waals surface area contributed by atoms with E-state index in [1.807, 2.05) is 4.90 Å². The van der Waals surface area contributed by atoms with Crippen LogP contribution in [0.5, 0.6) is 0 Å². The molecule has 3 rings (SSSR count). The number of carbonyl (C=O) groups is 1. The van der Waals surface area contributed by atoms with Crippen molar-refractivity contribution in [2.24, 2.45) is 5.92 Å². The van der Waals surface area contributed by atoms with Crippen LogP contribution < -0.4 is 4.72 Å². The van der Waals surface area contributed by atoms with E-state index in [1.54, 1.807) is 12.1 Å². The summed E-state index contributed by atoms with van der Waals surface area (Å²) in [5.41, 5.74) is 0.775. The molecule has 0 bridgehead atoms. The van der Waals surface area contributed by atoms with Crippen molar-refractivity contribution in [3.63, 3.8) is 0 Å². The molecule has 1 amide bonds. The Balaban J connectivity index is 1.56. The molecule has 1 aliphatic heterocycles. The molecule has 0 spiro atoms. The van der Waals surface area contributed by atoms with Gasteiger partial charge in [0, 0.05) is 38.4 Å². The molecular weight excluding hydrogens is 362 g/mol. The average molecular weight is 386 g/mol. The van der Waals surface area contributed by atoms with E-state index < -0.39 is 10.9 Å². The van der Waals surface area contributed by atoms with Crippen LogP contribution in [0.3, 0.4) is 0 Å². The fraction of sp³-hybridized carbons (Fsp3) is 0.588. The average Bonchev–Trinajstić information content (AvgIpc) is 3.07. The third-order valence-electron chi connectivity index (χ3n) is 5.07. The van der Waals surface area contributed by atoms with Gasteiger partial charge in [0.1, 0.15) is 0 Å². The van der Waals surface area contributed by atoms with Gasteiger partial charge in [0.15, 0.2) is 0 Å². The molecule has 8 heteroatoms. The normalized spacial score (nSPS) is 19.5. The maximum atomic E-state index is 12.7. The third kappa shape index (κ3) is 4.86. The van der Waals surface area contributed by atoms with Crippen LogP contribution in [0.4, 0.5) is 5.69 Å². The van der Waals surface area contributed by atoms with Crippen molar-refractivity contribution in [2.75, 3.05) is 37.4 Å². The SMILES string of the molecule is O=C(c1ccc(N[SH](=O)=O)cc1Cl)N1CCN(CC2CCCC2)CC1. The summed E-state index contributed by atoms with van der Waals surface area (Å²) in [5, 5.41) is 0.264. The van der Waals surface area contributed by atoms with Gasteiger partial charge in [-0.3, -0.25) is 14.4 Å². The number of hydrogen-bond donors (Lipinski definition) is 2. The molecular formula is C17H24ClN3O3S. The molecule has 1 saturated carbocycles. The molecule has 0 radical (unpaired) electrons. The molecule has 0 atom stereocenters. The van der Waals surface area contributed by atoms with E-state index >= 15 is 0 Å². The highest BCUT2D eigenvalue weighted by molar-refractivity contribution is 7.73. The van der Waals surface area contributed by atoms with E-state index in [0.717, 1.165) is 25.6 Å². The highest BCUT2D eigenvalue weighted by Crippen LogP contribution is 2.26. The van der Waals surface area contributed by atoms with Gasteiger partial charge in [0.2, 0.25) is 10.9 Å². The minimum absolute atomic E-state index is 0.0939. The topological polar surface area (TPSA) is 69.7 Å². The molecule has 1 N–H and O–H groups in total. The maximum absolute atomic E-state index is 12.7. The van der Waals surface area contributed by atoms with Crippen LogP contribution in [0, 0.1) is 5.92 Å². The lowest BCUT2D eigenvalue weighted by atomic mass is 10.1. The van der Waals surface area contributed by atoms with Gasteiger partial charge in [0.05, 0.1) is 10.6 Å². The predicted molar refractivity (Wildman–Crippen MR) is 99.7 cm³/mol. The zero-order chi connectivity index (χ0) is 17.8. The predicted octanol–water partition coefficient (Wildman–Crippen LogP) is 2.23. The zero-order valence-electron chi connectivity index (χ0n) is 14.1. The van der Waals surface area contributed by atoms with Gasteiger partial charge < -0.3 is 4.90 Å². The van der Waals surface area contributed by atoms with Crippen molar-refractivity contribution >= 4 is 34.1 Å². The number of amides is 1. The summed E-state index contributed by atoms with van der Waals surface area (Å²) in [7, 11) is -2.75. The number of carbonyl (C=O) groups excluding carboxylic acids is 1. The lowest BCUT2D eigenvalue weighted by molar-refractivity contribution is 0.0618. The molecule has 1 saturated heterocycles. The Morgan fingerprint density at radius 2 is 1.84 bits per heavy atom. The maximum Gasteiger partial charge on any atom is 0.255 e. The number of nitrogens with zero attached hydrogens (tertiary/aromatic N) is 2. The summed E-state index contributed by atoms with van der Waals surface area (Å²) in [6.07, 6.45) is 5.38. The fourth-order valence-electron chi connectivity index (χ4n) is 3.73. The first-order valence-electron chi connectivity index (χ1n) is 8.75. The largest absolute Gasteiger partial charge is 0.336 e. The van der Waals surface area contributed by atoms with E-state index in [2.05, 4.69) is 9.62 Å². The Kier molecular flexibility index (Phi) is 6.19.